The standard InChI is InChI=1S/C12H14O2/c1-8-5-4-6-9-7-10(12(2,3)13)14-11(8)9/h4-7,13H,1-3H3. The summed E-state index contributed by atoms with van der Waals surface area (Å²) in [6.45, 7) is 5.44. The lowest BCUT2D eigenvalue weighted by molar-refractivity contribution is 0.0558. The van der Waals surface area contributed by atoms with Gasteiger partial charge in [-0.25, -0.2) is 0 Å². The van der Waals surface area contributed by atoms with Gasteiger partial charge in [0.05, 0.1) is 0 Å². The SMILES string of the molecule is Cc1cccc2cc(C(C)(C)O)oc12. The molecule has 0 aliphatic rings. The molecule has 0 aliphatic heterocycles. The van der Waals surface area contributed by atoms with E-state index in [1.165, 1.54) is 0 Å². The molecule has 1 heterocycles. The average Bonchev–Trinajstić information content (AvgIpc) is 2.48. The summed E-state index contributed by atoms with van der Waals surface area (Å²) in [5.74, 6) is 0.613. The molecule has 0 amide bonds. The van der Waals surface area contributed by atoms with Crippen molar-refractivity contribution in [2.45, 2.75) is 26.4 Å². The molecule has 1 aromatic heterocycles. The molecule has 0 fully saturated rings. The minimum Gasteiger partial charge on any atom is -0.458 e. The Bertz CT molecular complexity index is 461. The second-order valence-corrected chi connectivity index (χ2v) is 4.16. The average molecular weight is 190 g/mol. The van der Waals surface area contributed by atoms with Crippen LogP contribution in [0.2, 0.25) is 0 Å². The van der Waals surface area contributed by atoms with Crippen LogP contribution in [0.25, 0.3) is 11.0 Å². The number of hydrogen-bond acceptors (Lipinski definition) is 2. The van der Waals surface area contributed by atoms with Crippen molar-refractivity contribution in [2.75, 3.05) is 0 Å². The largest absolute Gasteiger partial charge is 0.458 e. The molecule has 0 saturated carbocycles. The molecule has 2 rings (SSSR count). The van der Waals surface area contributed by atoms with Crippen LogP contribution in [0.5, 0.6) is 0 Å². The highest BCUT2D eigenvalue weighted by Crippen LogP contribution is 2.28. The molecule has 0 radical (unpaired) electrons. The lowest BCUT2D eigenvalue weighted by atomic mass is 10.1. The van der Waals surface area contributed by atoms with Crippen LogP contribution in [-0.4, -0.2) is 5.11 Å². The topological polar surface area (TPSA) is 33.4 Å². The Kier molecular flexibility index (Phi) is 1.89. The van der Waals surface area contributed by atoms with E-state index in [1.54, 1.807) is 13.8 Å². The van der Waals surface area contributed by atoms with Crippen LogP contribution >= 0.6 is 0 Å². The fourth-order valence-electron chi connectivity index (χ4n) is 1.51. The number of benzene rings is 1. The molecule has 0 bridgehead atoms. The molecule has 14 heavy (non-hydrogen) atoms. The number of rotatable bonds is 1. The maximum atomic E-state index is 9.79. The Morgan fingerprint density at radius 1 is 1.29 bits per heavy atom. The van der Waals surface area contributed by atoms with E-state index in [4.69, 9.17) is 4.42 Å². The second-order valence-electron chi connectivity index (χ2n) is 4.16. The summed E-state index contributed by atoms with van der Waals surface area (Å²) in [6, 6.07) is 7.87. The van der Waals surface area contributed by atoms with Crippen LogP contribution < -0.4 is 0 Å². The van der Waals surface area contributed by atoms with Crippen LogP contribution in [0, 0.1) is 6.92 Å². The zero-order chi connectivity index (χ0) is 10.3. The summed E-state index contributed by atoms with van der Waals surface area (Å²) >= 11 is 0. The van der Waals surface area contributed by atoms with Crippen molar-refractivity contribution in [1.82, 2.24) is 0 Å². The van der Waals surface area contributed by atoms with Gasteiger partial charge in [-0.2, -0.15) is 0 Å². The first-order valence-corrected chi connectivity index (χ1v) is 4.70. The van der Waals surface area contributed by atoms with E-state index in [0.29, 0.717) is 5.76 Å². The Morgan fingerprint density at radius 3 is 2.57 bits per heavy atom. The first-order valence-electron chi connectivity index (χ1n) is 4.70. The van der Waals surface area contributed by atoms with E-state index in [2.05, 4.69) is 0 Å². The van der Waals surface area contributed by atoms with E-state index in [-0.39, 0.29) is 0 Å². The summed E-state index contributed by atoms with van der Waals surface area (Å²) in [5, 5.41) is 10.8. The van der Waals surface area contributed by atoms with Crippen LogP contribution in [0.15, 0.2) is 28.7 Å². The van der Waals surface area contributed by atoms with Gasteiger partial charge in [-0.3, -0.25) is 0 Å². The number of furan rings is 1. The van der Waals surface area contributed by atoms with E-state index in [1.807, 2.05) is 31.2 Å². The highest BCUT2D eigenvalue weighted by atomic mass is 16.4. The number of hydrogen-bond donors (Lipinski definition) is 1. The van der Waals surface area contributed by atoms with Crippen molar-refractivity contribution < 1.29 is 9.52 Å². The number of fused-ring (bicyclic) bond motifs is 1. The van der Waals surface area contributed by atoms with Crippen molar-refractivity contribution in [3.63, 3.8) is 0 Å². The Morgan fingerprint density at radius 2 is 2.00 bits per heavy atom. The lowest BCUT2D eigenvalue weighted by Crippen LogP contribution is -2.13. The molecule has 1 aromatic carbocycles. The smallest absolute Gasteiger partial charge is 0.137 e. The van der Waals surface area contributed by atoms with E-state index < -0.39 is 5.60 Å². The van der Waals surface area contributed by atoms with Crippen LogP contribution in [-0.2, 0) is 5.60 Å². The van der Waals surface area contributed by atoms with Gasteiger partial charge in [0.1, 0.15) is 16.9 Å². The molecular formula is C12H14O2. The predicted octanol–water partition coefficient (Wildman–Crippen LogP) is 2.97. The van der Waals surface area contributed by atoms with Gasteiger partial charge in [-0.15, -0.1) is 0 Å². The molecular weight excluding hydrogens is 176 g/mol. The van der Waals surface area contributed by atoms with Gasteiger partial charge in [-0.05, 0) is 32.4 Å². The maximum Gasteiger partial charge on any atom is 0.137 e. The van der Waals surface area contributed by atoms with Crippen molar-refractivity contribution in [2.24, 2.45) is 0 Å². The zero-order valence-corrected chi connectivity index (χ0v) is 8.66. The molecule has 0 spiro atoms. The van der Waals surface area contributed by atoms with Crippen LogP contribution in [0.3, 0.4) is 0 Å². The first kappa shape index (κ1) is 9.28. The highest BCUT2D eigenvalue weighted by Gasteiger charge is 2.21. The van der Waals surface area contributed by atoms with Gasteiger partial charge in [0.15, 0.2) is 0 Å². The summed E-state index contributed by atoms with van der Waals surface area (Å²) < 4.78 is 5.61. The molecule has 0 unspecified atom stereocenters. The quantitative estimate of drug-likeness (QED) is 0.750. The third kappa shape index (κ3) is 1.42. The van der Waals surface area contributed by atoms with Gasteiger partial charge in [0.25, 0.3) is 0 Å². The van der Waals surface area contributed by atoms with Crippen LogP contribution in [0.4, 0.5) is 0 Å². The molecule has 2 heteroatoms. The molecule has 2 nitrogen and oxygen atoms in total. The summed E-state index contributed by atoms with van der Waals surface area (Å²) in [5.41, 5.74) is 1.05. The number of para-hydroxylation sites is 1. The Hall–Kier alpha value is -1.28. The molecule has 0 atom stereocenters. The fourth-order valence-corrected chi connectivity index (χ4v) is 1.51. The summed E-state index contributed by atoms with van der Waals surface area (Å²) in [6.07, 6.45) is 0. The number of aliphatic hydroxyl groups is 1. The van der Waals surface area contributed by atoms with Gasteiger partial charge in [0.2, 0.25) is 0 Å². The molecule has 0 saturated heterocycles. The maximum absolute atomic E-state index is 9.79. The van der Waals surface area contributed by atoms with E-state index in [0.717, 1.165) is 16.5 Å². The van der Waals surface area contributed by atoms with Crippen molar-refractivity contribution in [3.05, 3.63) is 35.6 Å². The summed E-state index contributed by atoms with van der Waals surface area (Å²) in [4.78, 5) is 0. The highest BCUT2D eigenvalue weighted by molar-refractivity contribution is 5.81. The fraction of sp³-hybridized carbons (Fsp3) is 0.333. The van der Waals surface area contributed by atoms with Gasteiger partial charge < -0.3 is 9.52 Å². The molecule has 74 valence electrons. The minimum absolute atomic E-state index is 0.613. The van der Waals surface area contributed by atoms with Gasteiger partial charge in [0, 0.05) is 5.39 Å². The van der Waals surface area contributed by atoms with Gasteiger partial charge >= 0.3 is 0 Å². The normalized spacial score (nSPS) is 12.3. The summed E-state index contributed by atoms with van der Waals surface area (Å²) in [7, 11) is 0. The van der Waals surface area contributed by atoms with Crippen molar-refractivity contribution in [1.29, 1.82) is 0 Å². The predicted molar refractivity (Wildman–Crippen MR) is 56.2 cm³/mol. The van der Waals surface area contributed by atoms with E-state index in [9.17, 15) is 5.11 Å². The monoisotopic (exact) mass is 190 g/mol. The third-order valence-electron chi connectivity index (χ3n) is 2.34. The zero-order valence-electron chi connectivity index (χ0n) is 8.66. The van der Waals surface area contributed by atoms with Crippen molar-refractivity contribution >= 4 is 11.0 Å². The van der Waals surface area contributed by atoms with Crippen molar-refractivity contribution in [3.8, 4) is 0 Å². The Labute approximate surface area is 83.2 Å². The second kappa shape index (κ2) is 2.85. The number of aryl methyl sites for hydroxylation is 1. The third-order valence-corrected chi connectivity index (χ3v) is 2.34. The lowest BCUT2D eigenvalue weighted by Gasteiger charge is -2.12. The molecule has 2 aromatic rings. The Balaban J connectivity index is 2.69. The van der Waals surface area contributed by atoms with Crippen LogP contribution in [0.1, 0.15) is 25.2 Å². The minimum atomic E-state index is -0.911. The molecule has 0 aliphatic carbocycles. The first-order chi connectivity index (χ1) is 6.48. The van der Waals surface area contributed by atoms with Gasteiger partial charge in [-0.1, -0.05) is 18.2 Å². The van der Waals surface area contributed by atoms with E-state index >= 15 is 0 Å². The molecule has 1 N–H and O–H groups in total.